The molecule has 1 N–H and O–H groups in total. The molecule has 0 bridgehead atoms. The van der Waals surface area contributed by atoms with E-state index in [9.17, 15) is 18.0 Å². The number of nitrogens with zero attached hydrogens (tertiary/aromatic N) is 2. The van der Waals surface area contributed by atoms with Crippen LogP contribution in [0.15, 0.2) is 48.5 Å². The highest BCUT2D eigenvalue weighted by molar-refractivity contribution is 7.92. The summed E-state index contributed by atoms with van der Waals surface area (Å²) in [5.41, 5.74) is 1.30. The van der Waals surface area contributed by atoms with Crippen LogP contribution in [0.5, 0.6) is 0 Å². The maximum Gasteiger partial charge on any atom is 0.242 e. The molecule has 0 saturated heterocycles. The lowest BCUT2D eigenvalue weighted by Gasteiger charge is -2.30. The molecule has 1 saturated carbocycles. The van der Waals surface area contributed by atoms with Crippen LogP contribution in [0.2, 0.25) is 10.0 Å². The average Bonchev–Trinajstić information content (AvgIpc) is 3.34. The molecule has 3 rings (SSSR count). The Morgan fingerprint density at radius 1 is 1.06 bits per heavy atom. The van der Waals surface area contributed by atoms with E-state index in [2.05, 4.69) is 5.32 Å². The van der Waals surface area contributed by atoms with E-state index in [1.165, 1.54) is 9.21 Å². The fourth-order valence-corrected chi connectivity index (χ4v) is 5.69. The van der Waals surface area contributed by atoms with Crippen molar-refractivity contribution in [3.63, 3.8) is 0 Å². The summed E-state index contributed by atoms with van der Waals surface area (Å²) in [7, 11) is -3.52. The van der Waals surface area contributed by atoms with Crippen molar-refractivity contribution in [3.05, 3.63) is 64.1 Å². The van der Waals surface area contributed by atoms with Gasteiger partial charge < -0.3 is 10.2 Å². The third-order valence-corrected chi connectivity index (χ3v) is 8.34. The van der Waals surface area contributed by atoms with Crippen LogP contribution in [0.25, 0.3) is 0 Å². The molecule has 0 aromatic heterocycles. The molecule has 7 nitrogen and oxygen atoms in total. The molecule has 196 valence electrons. The van der Waals surface area contributed by atoms with Crippen LogP contribution in [0.4, 0.5) is 5.69 Å². The van der Waals surface area contributed by atoms with Crippen molar-refractivity contribution >= 4 is 50.7 Å². The zero-order valence-corrected chi connectivity index (χ0v) is 23.0. The first-order valence-corrected chi connectivity index (χ1v) is 14.7. The summed E-state index contributed by atoms with van der Waals surface area (Å²) in [6.07, 6.45) is 5.59. The lowest BCUT2D eigenvalue weighted by molar-refractivity contribution is -0.141. The van der Waals surface area contributed by atoms with Crippen LogP contribution < -0.4 is 9.62 Å². The highest BCUT2D eigenvalue weighted by Gasteiger charge is 2.29. The average molecular weight is 555 g/mol. The van der Waals surface area contributed by atoms with Gasteiger partial charge in [-0.2, -0.15) is 0 Å². The quantitative estimate of drug-likeness (QED) is 0.423. The molecule has 36 heavy (non-hydrogen) atoms. The highest BCUT2D eigenvalue weighted by Crippen LogP contribution is 2.25. The van der Waals surface area contributed by atoms with Gasteiger partial charge in [0.15, 0.2) is 0 Å². The van der Waals surface area contributed by atoms with Crippen molar-refractivity contribution in [2.75, 3.05) is 17.1 Å². The molecule has 1 aliphatic rings. The standard InChI is InChI=1S/C26H33Cl2N3O4S/c1-19(26(33)29-21-9-6-7-10-21)30(18-20-14-15-23(27)24(28)17-20)25(32)13-8-16-31(36(2,34)35)22-11-4-3-5-12-22/h3-5,11-12,14-15,17,19,21H,6-10,13,16,18H2,1-2H3,(H,29,33)/t19-/m0/s1. The molecule has 1 fully saturated rings. The second-order valence-electron chi connectivity index (χ2n) is 9.21. The van der Waals surface area contributed by atoms with Crippen molar-refractivity contribution in [1.82, 2.24) is 10.2 Å². The monoisotopic (exact) mass is 553 g/mol. The van der Waals surface area contributed by atoms with Crippen LogP contribution in [-0.2, 0) is 26.2 Å². The topological polar surface area (TPSA) is 86.8 Å². The number of carbonyl (C=O) groups is 2. The predicted molar refractivity (Wildman–Crippen MR) is 145 cm³/mol. The van der Waals surface area contributed by atoms with Gasteiger partial charge in [0.2, 0.25) is 21.8 Å². The predicted octanol–water partition coefficient (Wildman–Crippen LogP) is 5.02. The Kier molecular flexibility index (Phi) is 10.0. The smallest absolute Gasteiger partial charge is 0.242 e. The Balaban J connectivity index is 1.72. The molecular formula is C26H33Cl2N3O4S. The van der Waals surface area contributed by atoms with Crippen LogP contribution in [0, 0.1) is 0 Å². The number of nitrogens with one attached hydrogen (secondary N) is 1. The van der Waals surface area contributed by atoms with Gasteiger partial charge in [-0.15, -0.1) is 0 Å². The van der Waals surface area contributed by atoms with Crippen LogP contribution in [0.3, 0.4) is 0 Å². The van der Waals surface area contributed by atoms with Gasteiger partial charge in [0.25, 0.3) is 0 Å². The van der Waals surface area contributed by atoms with E-state index in [0.29, 0.717) is 22.2 Å². The summed E-state index contributed by atoms with van der Waals surface area (Å²) in [6.45, 7) is 2.05. The minimum atomic E-state index is -3.52. The van der Waals surface area contributed by atoms with Gasteiger partial charge in [0.05, 0.1) is 22.0 Å². The van der Waals surface area contributed by atoms with E-state index in [-0.39, 0.29) is 37.4 Å². The number of halogens is 2. The van der Waals surface area contributed by atoms with Crippen LogP contribution >= 0.6 is 23.2 Å². The first-order chi connectivity index (χ1) is 17.1. The Labute approximate surface area is 223 Å². The molecule has 0 aliphatic heterocycles. The fourth-order valence-electron chi connectivity index (χ4n) is 4.41. The molecule has 0 unspecified atom stereocenters. The Bertz CT molecular complexity index is 1160. The maximum atomic E-state index is 13.4. The molecule has 0 radical (unpaired) electrons. The summed E-state index contributed by atoms with van der Waals surface area (Å²) in [5.74, 6) is -0.436. The molecule has 0 heterocycles. The van der Waals surface area contributed by atoms with Crippen molar-refractivity contribution < 1.29 is 18.0 Å². The van der Waals surface area contributed by atoms with E-state index in [1.54, 1.807) is 49.4 Å². The van der Waals surface area contributed by atoms with E-state index >= 15 is 0 Å². The van der Waals surface area contributed by atoms with Crippen molar-refractivity contribution in [1.29, 1.82) is 0 Å². The number of anilines is 1. The fraction of sp³-hybridized carbons (Fsp3) is 0.462. The third-order valence-electron chi connectivity index (χ3n) is 6.40. The van der Waals surface area contributed by atoms with Crippen molar-refractivity contribution in [2.45, 2.75) is 64.1 Å². The number of hydrogen-bond acceptors (Lipinski definition) is 4. The van der Waals surface area contributed by atoms with E-state index in [4.69, 9.17) is 23.2 Å². The summed E-state index contributed by atoms with van der Waals surface area (Å²) in [4.78, 5) is 27.9. The summed E-state index contributed by atoms with van der Waals surface area (Å²) >= 11 is 12.2. The Morgan fingerprint density at radius 2 is 1.72 bits per heavy atom. The molecule has 1 atom stereocenters. The number of para-hydroxylation sites is 1. The highest BCUT2D eigenvalue weighted by atomic mass is 35.5. The molecule has 2 amide bonds. The van der Waals surface area contributed by atoms with Crippen LogP contribution in [0.1, 0.15) is 51.0 Å². The molecule has 0 spiro atoms. The Hall–Kier alpha value is -2.29. The molecule has 2 aromatic carbocycles. The zero-order chi connectivity index (χ0) is 26.3. The van der Waals surface area contributed by atoms with Crippen molar-refractivity contribution in [2.24, 2.45) is 0 Å². The summed E-state index contributed by atoms with van der Waals surface area (Å²) in [5, 5.41) is 3.85. The zero-order valence-electron chi connectivity index (χ0n) is 20.6. The normalized spacial score (nSPS) is 14.9. The first-order valence-electron chi connectivity index (χ1n) is 12.1. The second-order valence-corrected chi connectivity index (χ2v) is 11.9. The summed E-state index contributed by atoms with van der Waals surface area (Å²) < 4.78 is 26.0. The van der Waals surface area contributed by atoms with E-state index < -0.39 is 16.1 Å². The van der Waals surface area contributed by atoms with E-state index in [1.807, 2.05) is 6.07 Å². The van der Waals surface area contributed by atoms with Gasteiger partial charge in [0.1, 0.15) is 6.04 Å². The van der Waals surface area contributed by atoms with Gasteiger partial charge >= 0.3 is 0 Å². The SMILES string of the molecule is C[C@@H](C(=O)NC1CCCC1)N(Cc1ccc(Cl)c(Cl)c1)C(=O)CCCN(c1ccccc1)S(C)(=O)=O. The molecule has 1 aliphatic carbocycles. The number of hydrogen-bond donors (Lipinski definition) is 1. The van der Waals surface area contributed by atoms with Gasteiger partial charge in [-0.05, 0) is 56.0 Å². The maximum absolute atomic E-state index is 13.4. The molecular weight excluding hydrogens is 521 g/mol. The third kappa shape index (κ3) is 7.85. The number of sulfonamides is 1. The minimum Gasteiger partial charge on any atom is -0.352 e. The van der Waals surface area contributed by atoms with Gasteiger partial charge in [-0.1, -0.05) is 60.3 Å². The number of carbonyl (C=O) groups excluding carboxylic acids is 2. The number of benzene rings is 2. The molecule has 10 heteroatoms. The number of amides is 2. The van der Waals surface area contributed by atoms with Crippen LogP contribution in [-0.4, -0.2) is 50.0 Å². The van der Waals surface area contributed by atoms with E-state index in [0.717, 1.165) is 37.5 Å². The lowest BCUT2D eigenvalue weighted by atomic mass is 10.1. The molecule has 2 aromatic rings. The summed E-state index contributed by atoms with van der Waals surface area (Å²) in [6, 6.07) is 13.3. The Morgan fingerprint density at radius 3 is 2.33 bits per heavy atom. The second kappa shape index (κ2) is 12.8. The minimum absolute atomic E-state index is 0.0845. The lowest BCUT2D eigenvalue weighted by Crippen LogP contribution is -2.49. The number of rotatable bonds is 11. The van der Waals surface area contributed by atoms with Crippen molar-refractivity contribution in [3.8, 4) is 0 Å². The first kappa shape index (κ1) is 28.3. The van der Waals surface area contributed by atoms with Gasteiger partial charge in [-0.25, -0.2) is 8.42 Å². The van der Waals surface area contributed by atoms with Gasteiger partial charge in [-0.3, -0.25) is 13.9 Å². The van der Waals surface area contributed by atoms with Gasteiger partial charge in [0, 0.05) is 25.6 Å². The largest absolute Gasteiger partial charge is 0.352 e.